The molecule has 0 saturated carbocycles. The second-order valence-electron chi connectivity index (χ2n) is 13.2. The van der Waals surface area contributed by atoms with Crippen LogP contribution >= 0.6 is 0 Å². The summed E-state index contributed by atoms with van der Waals surface area (Å²) in [4.78, 5) is 79.0. The fourth-order valence-corrected chi connectivity index (χ4v) is 6.92. The van der Waals surface area contributed by atoms with Gasteiger partial charge in [0.05, 0.1) is 67.9 Å². The number of carbonyl (C=O) groups excluding carboxylic acids is 4. The van der Waals surface area contributed by atoms with Gasteiger partial charge in [-0.3, -0.25) is 19.2 Å². The summed E-state index contributed by atoms with van der Waals surface area (Å²) in [5.41, 5.74) is 3.88. The van der Waals surface area contributed by atoms with Gasteiger partial charge in [-0.15, -0.1) is 0 Å². The van der Waals surface area contributed by atoms with E-state index in [1.54, 1.807) is 140 Å². The fourth-order valence-electron chi connectivity index (χ4n) is 6.92. The summed E-state index contributed by atoms with van der Waals surface area (Å²) in [6.45, 7) is 0. The average Bonchev–Trinajstić information content (AvgIpc) is 4.06. The first-order chi connectivity index (χ1) is 27.4. The van der Waals surface area contributed by atoms with E-state index in [0.29, 0.717) is 39.6 Å². The van der Waals surface area contributed by atoms with E-state index in [1.165, 1.54) is 0 Å². The van der Waals surface area contributed by atoms with Gasteiger partial charge in [0.1, 0.15) is 0 Å². The van der Waals surface area contributed by atoms with Gasteiger partial charge in [0.25, 0.3) is 0 Å². The molecular formula is C48H28N4O4. The third-order valence-corrected chi connectivity index (χ3v) is 9.55. The molecule has 0 spiro atoms. The lowest BCUT2D eigenvalue weighted by atomic mass is 9.85. The molecule has 0 N–H and O–H groups in total. The third kappa shape index (κ3) is 6.31. The van der Waals surface area contributed by atoms with Gasteiger partial charge in [-0.1, -0.05) is 121 Å². The summed E-state index contributed by atoms with van der Waals surface area (Å²) < 4.78 is 0. The minimum Gasteiger partial charge on any atom is -0.289 e. The van der Waals surface area contributed by atoms with E-state index in [-0.39, 0.29) is 50.5 Å². The maximum absolute atomic E-state index is 15.2. The molecule has 5 heterocycles. The highest BCUT2D eigenvalue weighted by molar-refractivity contribution is 6.45. The number of nitrogens with zero attached hydrogens (tertiary/aromatic N) is 4. The Balaban J connectivity index is 1.41. The second-order valence-corrected chi connectivity index (χ2v) is 13.2. The quantitative estimate of drug-likeness (QED) is 0.169. The van der Waals surface area contributed by atoms with Crippen LogP contribution in [0.3, 0.4) is 0 Å². The fraction of sp³-hybridized carbons (Fsp3) is 0. The molecule has 0 amide bonds. The summed E-state index contributed by atoms with van der Waals surface area (Å²) in [6.07, 6.45) is 14.1. The molecule has 8 nitrogen and oxygen atoms in total. The Morgan fingerprint density at radius 2 is 0.786 bits per heavy atom. The number of ketones is 4. The third-order valence-electron chi connectivity index (χ3n) is 9.55. The first-order valence-corrected chi connectivity index (χ1v) is 17.9. The Morgan fingerprint density at radius 3 is 1.30 bits per heavy atom. The van der Waals surface area contributed by atoms with Crippen molar-refractivity contribution in [3.05, 3.63) is 237 Å². The van der Waals surface area contributed by atoms with Gasteiger partial charge >= 0.3 is 0 Å². The van der Waals surface area contributed by atoms with Crippen LogP contribution in [0.5, 0.6) is 0 Å². The van der Waals surface area contributed by atoms with E-state index in [0.717, 1.165) is 0 Å². The Hall–Kier alpha value is -7.84. The van der Waals surface area contributed by atoms with Crippen molar-refractivity contribution in [1.82, 2.24) is 0 Å². The van der Waals surface area contributed by atoms with E-state index in [4.69, 9.17) is 20.0 Å². The van der Waals surface area contributed by atoms with Crippen molar-refractivity contribution in [2.24, 2.45) is 20.0 Å². The highest BCUT2D eigenvalue weighted by Gasteiger charge is 2.40. The van der Waals surface area contributed by atoms with Gasteiger partial charge in [-0.05, 0) is 48.6 Å². The molecule has 56 heavy (non-hydrogen) atoms. The summed E-state index contributed by atoms with van der Waals surface area (Å²) in [6, 6.07) is 34.3. The molecule has 8 heteroatoms. The van der Waals surface area contributed by atoms with E-state index < -0.39 is 23.1 Å². The number of rotatable bonds is 8. The molecule has 4 aromatic rings. The SMILES string of the molecule is O=C(C1=CC2=CC3=NC(=CC4=NC(=CC5=NC(=C(C(=O)c6ccccc6)C1=N2)C(C(=O)c1ccccc1)=C5C(=O)c1ccccc1)C=C4)C=C3)c1ccccc1. The number of hydrogen-bond acceptors (Lipinski definition) is 8. The number of allylic oxidation sites excluding steroid dienone is 12. The maximum atomic E-state index is 15.2. The van der Waals surface area contributed by atoms with Crippen molar-refractivity contribution in [1.29, 1.82) is 0 Å². The van der Waals surface area contributed by atoms with Crippen LogP contribution in [0, 0.1) is 0 Å². The van der Waals surface area contributed by atoms with Gasteiger partial charge in [0, 0.05) is 22.3 Å². The summed E-state index contributed by atoms with van der Waals surface area (Å²) in [5.74, 6) is -1.94. The van der Waals surface area contributed by atoms with Crippen molar-refractivity contribution < 1.29 is 19.2 Å². The predicted octanol–water partition coefficient (Wildman–Crippen LogP) is 8.59. The number of Topliss-reactive ketones (excluding diaryl/α,β-unsaturated/α-hetero) is 4. The molecule has 0 aliphatic carbocycles. The normalized spacial score (nSPS) is 16.7. The topological polar surface area (TPSA) is 118 Å². The molecule has 8 bridgehead atoms. The molecule has 0 saturated heterocycles. The van der Waals surface area contributed by atoms with Gasteiger partial charge in [0.15, 0.2) is 23.1 Å². The summed E-state index contributed by atoms with van der Waals surface area (Å²) >= 11 is 0. The molecule has 0 atom stereocenters. The zero-order valence-electron chi connectivity index (χ0n) is 29.6. The lowest BCUT2D eigenvalue weighted by Crippen LogP contribution is -2.22. The van der Waals surface area contributed by atoms with E-state index >= 15 is 9.59 Å². The molecule has 0 unspecified atom stereocenters. The number of aliphatic imine (C=N–C) groups is 4. The van der Waals surface area contributed by atoms with E-state index in [9.17, 15) is 9.59 Å². The minimum atomic E-state index is -0.541. The highest BCUT2D eigenvalue weighted by Crippen LogP contribution is 2.38. The van der Waals surface area contributed by atoms with Gasteiger partial charge in [-0.2, -0.15) is 0 Å². The van der Waals surface area contributed by atoms with Crippen LogP contribution in [0.1, 0.15) is 41.4 Å². The first kappa shape index (κ1) is 34.0. The highest BCUT2D eigenvalue weighted by atomic mass is 16.1. The molecule has 5 aliphatic heterocycles. The molecule has 0 fully saturated rings. The largest absolute Gasteiger partial charge is 0.289 e. The molecule has 264 valence electrons. The van der Waals surface area contributed by atoms with Crippen LogP contribution in [0.4, 0.5) is 0 Å². The smallest absolute Gasteiger partial charge is 0.197 e. The van der Waals surface area contributed by atoms with Crippen LogP contribution in [-0.4, -0.2) is 46.0 Å². The summed E-state index contributed by atoms with van der Waals surface area (Å²) in [5, 5.41) is 0. The van der Waals surface area contributed by atoms with Gasteiger partial charge < -0.3 is 0 Å². The van der Waals surface area contributed by atoms with Crippen molar-refractivity contribution in [3.8, 4) is 0 Å². The number of fused-ring (bicyclic) bond motifs is 4. The van der Waals surface area contributed by atoms with Crippen molar-refractivity contribution in [2.75, 3.05) is 0 Å². The minimum absolute atomic E-state index is 0.00698. The van der Waals surface area contributed by atoms with E-state index in [2.05, 4.69) is 0 Å². The molecule has 0 aromatic heterocycles. The van der Waals surface area contributed by atoms with Crippen LogP contribution in [-0.2, 0) is 0 Å². The molecular weight excluding hydrogens is 697 g/mol. The molecule has 9 rings (SSSR count). The zero-order chi connectivity index (χ0) is 38.2. The van der Waals surface area contributed by atoms with Crippen LogP contribution < -0.4 is 0 Å². The van der Waals surface area contributed by atoms with Crippen molar-refractivity contribution in [2.45, 2.75) is 0 Å². The van der Waals surface area contributed by atoms with Gasteiger partial charge in [0.2, 0.25) is 0 Å². The Kier molecular flexibility index (Phi) is 8.60. The predicted molar refractivity (Wildman–Crippen MR) is 217 cm³/mol. The lowest BCUT2D eigenvalue weighted by molar-refractivity contribution is 0.101. The van der Waals surface area contributed by atoms with E-state index in [1.807, 2.05) is 30.4 Å². The standard InChI is InChI=1S/C48H28N4O4/c53-45(29-13-5-1-6-14-29)38-27-37-26-35-22-21-33(49-35)25-34-23-24-36(50-34)28-39-40(46(54)30-15-7-2-8-16-30)41(47(55)31-17-9-3-10-18-31)44(52-39)42(43(38)51-37)48(56)32-19-11-4-12-20-32/h1-28H. The lowest BCUT2D eigenvalue weighted by Gasteiger charge is -2.15. The number of carbonyl (C=O) groups is 4. The van der Waals surface area contributed by atoms with Crippen LogP contribution in [0.25, 0.3) is 0 Å². The van der Waals surface area contributed by atoms with Crippen LogP contribution in [0.15, 0.2) is 235 Å². The van der Waals surface area contributed by atoms with Crippen molar-refractivity contribution >= 4 is 46.0 Å². The first-order valence-electron chi connectivity index (χ1n) is 17.9. The Labute approximate surface area is 321 Å². The number of hydrogen-bond donors (Lipinski definition) is 0. The Bertz CT molecular complexity index is 2810. The molecule has 0 radical (unpaired) electrons. The molecule has 5 aliphatic rings. The van der Waals surface area contributed by atoms with Crippen LogP contribution in [0.2, 0.25) is 0 Å². The second kappa shape index (κ2) is 14.2. The monoisotopic (exact) mass is 724 g/mol. The number of benzene rings is 4. The van der Waals surface area contributed by atoms with Gasteiger partial charge in [-0.25, -0.2) is 20.0 Å². The molecule has 4 aromatic carbocycles. The maximum Gasteiger partial charge on any atom is 0.197 e. The average molecular weight is 725 g/mol. The zero-order valence-corrected chi connectivity index (χ0v) is 29.6. The van der Waals surface area contributed by atoms with Crippen molar-refractivity contribution in [3.63, 3.8) is 0 Å². The summed E-state index contributed by atoms with van der Waals surface area (Å²) in [7, 11) is 0. The Morgan fingerprint density at radius 1 is 0.357 bits per heavy atom.